The van der Waals surface area contributed by atoms with Crippen LogP contribution in [0.3, 0.4) is 0 Å². The van der Waals surface area contributed by atoms with E-state index in [2.05, 4.69) is 4.98 Å². The van der Waals surface area contributed by atoms with E-state index in [1.807, 2.05) is 0 Å². The predicted octanol–water partition coefficient (Wildman–Crippen LogP) is 4.53. The molecule has 0 aliphatic carbocycles. The monoisotopic (exact) mass is 317 g/mol. The Hall–Kier alpha value is -1.49. The largest absolute Gasteiger partial charge is 0.478 e. The summed E-state index contributed by atoms with van der Waals surface area (Å²) in [6.45, 7) is 0. The minimum absolute atomic E-state index is 0.0282. The summed E-state index contributed by atoms with van der Waals surface area (Å²) >= 11 is 17.6. The van der Waals surface area contributed by atoms with Gasteiger partial charge in [0, 0.05) is 11.2 Å². The molecule has 7 heteroatoms. The van der Waals surface area contributed by atoms with Gasteiger partial charge in [-0.3, -0.25) is 0 Å². The van der Waals surface area contributed by atoms with Crippen LogP contribution < -0.4 is 4.74 Å². The van der Waals surface area contributed by atoms with Gasteiger partial charge in [0.2, 0.25) is 5.88 Å². The van der Waals surface area contributed by atoms with Crippen LogP contribution in [0.5, 0.6) is 11.6 Å². The Morgan fingerprint density at radius 3 is 2.47 bits per heavy atom. The number of nitrogens with zero attached hydrogens (tertiary/aromatic N) is 1. The molecule has 4 nitrogen and oxygen atoms in total. The van der Waals surface area contributed by atoms with Crippen LogP contribution in [-0.2, 0) is 0 Å². The lowest BCUT2D eigenvalue weighted by Crippen LogP contribution is -1.98. The van der Waals surface area contributed by atoms with E-state index >= 15 is 0 Å². The Labute approximate surface area is 123 Å². The Morgan fingerprint density at radius 2 is 1.89 bits per heavy atom. The maximum absolute atomic E-state index is 10.7. The van der Waals surface area contributed by atoms with Crippen molar-refractivity contribution in [1.29, 1.82) is 0 Å². The fourth-order valence-electron chi connectivity index (χ4n) is 1.28. The number of halogens is 3. The Bertz CT molecular complexity index is 646. The number of rotatable bonds is 3. The standard InChI is InChI=1S/C12H6Cl3NO3/c13-7-1-2-10(8(14)4-7)19-11-9(15)3-6(5-16-11)12(17)18/h1-5H,(H,17,18). The maximum Gasteiger partial charge on any atom is 0.337 e. The number of benzene rings is 1. The first kappa shape index (κ1) is 13.9. The second kappa shape index (κ2) is 5.65. The lowest BCUT2D eigenvalue weighted by molar-refractivity contribution is 0.0696. The minimum atomic E-state index is -1.12. The highest BCUT2D eigenvalue weighted by molar-refractivity contribution is 6.35. The molecule has 2 aromatic rings. The number of carbonyl (C=O) groups is 1. The molecule has 2 rings (SSSR count). The lowest BCUT2D eigenvalue weighted by atomic mass is 10.3. The number of ether oxygens (including phenoxy) is 1. The van der Waals surface area contributed by atoms with Crippen molar-refractivity contribution in [1.82, 2.24) is 4.98 Å². The van der Waals surface area contributed by atoms with Crippen LogP contribution in [0, 0.1) is 0 Å². The average molecular weight is 319 g/mol. The zero-order valence-electron chi connectivity index (χ0n) is 9.23. The van der Waals surface area contributed by atoms with Crippen LogP contribution in [0.25, 0.3) is 0 Å². The summed E-state index contributed by atoms with van der Waals surface area (Å²) in [6, 6.07) is 5.92. The van der Waals surface area contributed by atoms with E-state index in [9.17, 15) is 4.79 Å². The molecule has 1 aromatic carbocycles. The van der Waals surface area contributed by atoms with Crippen molar-refractivity contribution in [3.05, 3.63) is 51.1 Å². The van der Waals surface area contributed by atoms with Gasteiger partial charge in [0.05, 0.1) is 10.6 Å². The van der Waals surface area contributed by atoms with Crippen molar-refractivity contribution in [3.63, 3.8) is 0 Å². The molecule has 1 heterocycles. The average Bonchev–Trinajstić information content (AvgIpc) is 2.34. The van der Waals surface area contributed by atoms with E-state index in [4.69, 9.17) is 44.6 Å². The number of carboxylic acid groups (broad SMARTS) is 1. The van der Waals surface area contributed by atoms with Crippen molar-refractivity contribution < 1.29 is 14.6 Å². The van der Waals surface area contributed by atoms with Gasteiger partial charge in [0.1, 0.15) is 10.8 Å². The number of hydrogen-bond donors (Lipinski definition) is 1. The molecule has 98 valence electrons. The molecule has 0 aliphatic heterocycles. The highest BCUT2D eigenvalue weighted by Crippen LogP contribution is 2.33. The smallest absolute Gasteiger partial charge is 0.337 e. The van der Waals surface area contributed by atoms with Crippen LogP contribution >= 0.6 is 34.8 Å². The second-order valence-corrected chi connectivity index (χ2v) is 4.74. The molecule has 0 unspecified atom stereocenters. The summed E-state index contributed by atoms with van der Waals surface area (Å²) in [5, 5.41) is 9.63. The molecule has 0 fully saturated rings. The molecule has 0 saturated heterocycles. The number of carboxylic acids is 1. The molecule has 0 radical (unpaired) electrons. The van der Waals surface area contributed by atoms with Gasteiger partial charge in [-0.05, 0) is 24.3 Å². The third-order valence-electron chi connectivity index (χ3n) is 2.15. The van der Waals surface area contributed by atoms with Gasteiger partial charge in [-0.1, -0.05) is 34.8 Å². The summed E-state index contributed by atoms with van der Waals surface area (Å²) in [5.41, 5.74) is -0.0282. The van der Waals surface area contributed by atoms with Gasteiger partial charge in [-0.25, -0.2) is 9.78 Å². The third-order valence-corrected chi connectivity index (χ3v) is 2.96. The van der Waals surface area contributed by atoms with Crippen LogP contribution in [-0.4, -0.2) is 16.1 Å². The molecule has 0 atom stereocenters. The van der Waals surface area contributed by atoms with E-state index in [-0.39, 0.29) is 16.5 Å². The van der Waals surface area contributed by atoms with E-state index in [0.717, 1.165) is 6.20 Å². The molecule has 0 bridgehead atoms. The minimum Gasteiger partial charge on any atom is -0.478 e. The molecule has 0 amide bonds. The zero-order valence-corrected chi connectivity index (χ0v) is 11.5. The topological polar surface area (TPSA) is 59.4 Å². The Kier molecular flexibility index (Phi) is 4.14. The molecular weight excluding hydrogens is 312 g/mol. The lowest BCUT2D eigenvalue weighted by Gasteiger charge is -2.08. The van der Waals surface area contributed by atoms with E-state index in [1.165, 1.54) is 12.1 Å². The van der Waals surface area contributed by atoms with Gasteiger partial charge in [0.25, 0.3) is 0 Å². The van der Waals surface area contributed by atoms with Crippen LogP contribution in [0.4, 0.5) is 0 Å². The molecule has 0 spiro atoms. The van der Waals surface area contributed by atoms with Gasteiger partial charge in [-0.15, -0.1) is 0 Å². The van der Waals surface area contributed by atoms with E-state index in [0.29, 0.717) is 15.8 Å². The number of aromatic nitrogens is 1. The van der Waals surface area contributed by atoms with Gasteiger partial charge >= 0.3 is 5.97 Å². The molecule has 1 aromatic heterocycles. The quantitative estimate of drug-likeness (QED) is 0.903. The van der Waals surface area contributed by atoms with Crippen LogP contribution in [0.15, 0.2) is 30.5 Å². The Morgan fingerprint density at radius 1 is 1.16 bits per heavy atom. The Balaban J connectivity index is 2.31. The van der Waals surface area contributed by atoms with E-state index < -0.39 is 5.97 Å². The summed E-state index contributed by atoms with van der Waals surface area (Å²) in [7, 11) is 0. The highest BCUT2D eigenvalue weighted by Gasteiger charge is 2.12. The van der Waals surface area contributed by atoms with Crippen molar-refractivity contribution in [3.8, 4) is 11.6 Å². The zero-order chi connectivity index (χ0) is 14.0. The first-order chi connectivity index (χ1) is 8.97. The molecular formula is C12H6Cl3NO3. The number of hydrogen-bond acceptors (Lipinski definition) is 3. The maximum atomic E-state index is 10.7. The molecule has 19 heavy (non-hydrogen) atoms. The predicted molar refractivity (Wildman–Crippen MR) is 72.7 cm³/mol. The first-order valence-corrected chi connectivity index (χ1v) is 6.12. The summed E-state index contributed by atoms with van der Waals surface area (Å²) in [5.74, 6) is -0.732. The van der Waals surface area contributed by atoms with Crippen molar-refractivity contribution in [2.45, 2.75) is 0 Å². The summed E-state index contributed by atoms with van der Waals surface area (Å²) in [4.78, 5) is 14.6. The van der Waals surface area contributed by atoms with Crippen molar-refractivity contribution in [2.75, 3.05) is 0 Å². The SMILES string of the molecule is O=C(O)c1cnc(Oc2ccc(Cl)cc2Cl)c(Cl)c1. The summed E-state index contributed by atoms with van der Waals surface area (Å²) < 4.78 is 5.40. The highest BCUT2D eigenvalue weighted by atomic mass is 35.5. The van der Waals surface area contributed by atoms with Gasteiger partial charge in [-0.2, -0.15) is 0 Å². The molecule has 1 N–H and O–H groups in total. The third kappa shape index (κ3) is 3.29. The van der Waals surface area contributed by atoms with Crippen LogP contribution in [0.1, 0.15) is 10.4 Å². The van der Waals surface area contributed by atoms with Crippen molar-refractivity contribution >= 4 is 40.8 Å². The molecule has 0 aliphatic rings. The molecule has 0 saturated carbocycles. The van der Waals surface area contributed by atoms with E-state index in [1.54, 1.807) is 12.1 Å². The number of pyridine rings is 1. The summed E-state index contributed by atoms with van der Waals surface area (Å²) in [6.07, 6.45) is 1.15. The van der Waals surface area contributed by atoms with Crippen LogP contribution in [0.2, 0.25) is 15.1 Å². The fourth-order valence-corrected chi connectivity index (χ4v) is 1.93. The van der Waals surface area contributed by atoms with Crippen molar-refractivity contribution in [2.24, 2.45) is 0 Å². The second-order valence-electron chi connectivity index (χ2n) is 3.49. The fraction of sp³-hybridized carbons (Fsp3) is 0. The normalized spacial score (nSPS) is 10.3. The first-order valence-electron chi connectivity index (χ1n) is 4.99. The van der Waals surface area contributed by atoms with Gasteiger partial charge in [0.15, 0.2) is 0 Å². The van der Waals surface area contributed by atoms with Gasteiger partial charge < -0.3 is 9.84 Å². The number of aromatic carboxylic acids is 1.